The van der Waals surface area contributed by atoms with E-state index in [1.54, 1.807) is 12.3 Å². The maximum absolute atomic E-state index is 9.98. The molecule has 0 radical (unpaired) electrons. The summed E-state index contributed by atoms with van der Waals surface area (Å²) in [6, 6.07) is 11.4. The molecule has 4 heteroatoms. The van der Waals surface area contributed by atoms with E-state index in [4.69, 9.17) is 5.73 Å². The number of anilines is 1. The minimum absolute atomic E-state index is 0.164. The van der Waals surface area contributed by atoms with E-state index in [-0.39, 0.29) is 11.8 Å². The van der Waals surface area contributed by atoms with Gasteiger partial charge < -0.3 is 15.7 Å². The lowest BCUT2D eigenvalue weighted by atomic mass is 10.1. The minimum atomic E-state index is -0.164. The Labute approximate surface area is 119 Å². The summed E-state index contributed by atoms with van der Waals surface area (Å²) >= 11 is 0. The van der Waals surface area contributed by atoms with Crippen LogP contribution in [0.3, 0.4) is 0 Å². The van der Waals surface area contributed by atoms with Gasteiger partial charge in [-0.05, 0) is 25.1 Å². The van der Waals surface area contributed by atoms with Gasteiger partial charge in [-0.15, -0.1) is 0 Å². The summed E-state index contributed by atoms with van der Waals surface area (Å²) in [5.74, 6) is 0.252. The van der Waals surface area contributed by atoms with Gasteiger partial charge in [-0.3, -0.25) is 4.98 Å². The van der Waals surface area contributed by atoms with Gasteiger partial charge in [0.25, 0.3) is 0 Å². The first kappa shape index (κ1) is 14.3. The van der Waals surface area contributed by atoms with E-state index in [1.807, 2.05) is 44.3 Å². The number of hydrogen-bond acceptors (Lipinski definition) is 4. The average Bonchev–Trinajstić information content (AvgIpc) is 2.45. The second-order valence-corrected chi connectivity index (χ2v) is 5.02. The van der Waals surface area contributed by atoms with Crippen molar-refractivity contribution in [3.8, 4) is 5.75 Å². The molecule has 4 nitrogen and oxygen atoms in total. The van der Waals surface area contributed by atoms with Crippen LogP contribution in [0, 0.1) is 0 Å². The van der Waals surface area contributed by atoms with Crippen molar-refractivity contribution in [1.29, 1.82) is 0 Å². The van der Waals surface area contributed by atoms with Crippen LogP contribution in [0.5, 0.6) is 5.75 Å². The molecule has 20 heavy (non-hydrogen) atoms. The number of benzene rings is 1. The Kier molecular flexibility index (Phi) is 4.58. The normalized spacial score (nSPS) is 12.2. The number of pyridine rings is 1. The van der Waals surface area contributed by atoms with Crippen molar-refractivity contribution in [3.63, 3.8) is 0 Å². The van der Waals surface area contributed by atoms with Crippen molar-refractivity contribution < 1.29 is 5.11 Å². The summed E-state index contributed by atoms with van der Waals surface area (Å²) in [5, 5.41) is 9.98. The van der Waals surface area contributed by atoms with Gasteiger partial charge in [0.2, 0.25) is 0 Å². The highest BCUT2D eigenvalue weighted by atomic mass is 16.3. The van der Waals surface area contributed by atoms with Crippen LogP contribution in [-0.2, 0) is 6.42 Å². The summed E-state index contributed by atoms with van der Waals surface area (Å²) in [6.45, 7) is 2.70. The van der Waals surface area contributed by atoms with Gasteiger partial charge in [0.15, 0.2) is 0 Å². The van der Waals surface area contributed by atoms with Crippen molar-refractivity contribution in [3.05, 3.63) is 53.9 Å². The second kappa shape index (κ2) is 6.39. The van der Waals surface area contributed by atoms with Crippen LogP contribution >= 0.6 is 0 Å². The molecule has 1 heterocycles. The fourth-order valence-corrected chi connectivity index (χ4v) is 2.11. The molecule has 0 saturated carbocycles. The molecule has 1 aromatic carbocycles. The Hall–Kier alpha value is -2.07. The molecule has 0 aliphatic carbocycles. The first-order chi connectivity index (χ1) is 9.58. The number of phenols is 1. The van der Waals surface area contributed by atoms with E-state index in [0.29, 0.717) is 0 Å². The number of nitrogens with two attached hydrogens (primary N) is 1. The van der Waals surface area contributed by atoms with Crippen LogP contribution < -0.4 is 10.6 Å². The van der Waals surface area contributed by atoms with E-state index >= 15 is 0 Å². The Balaban J connectivity index is 2.02. The highest BCUT2D eigenvalue weighted by molar-refractivity contribution is 5.53. The highest BCUT2D eigenvalue weighted by Gasteiger charge is 2.09. The Morgan fingerprint density at radius 2 is 2.10 bits per heavy atom. The monoisotopic (exact) mass is 271 g/mol. The first-order valence-electron chi connectivity index (χ1n) is 6.77. The number of nitrogens with zero attached hydrogens (tertiary/aromatic N) is 2. The Bertz CT molecular complexity index is 555. The molecule has 1 unspecified atom stereocenters. The predicted molar refractivity (Wildman–Crippen MR) is 81.9 cm³/mol. The van der Waals surface area contributed by atoms with Crippen molar-refractivity contribution in [2.45, 2.75) is 19.4 Å². The van der Waals surface area contributed by atoms with Crippen LogP contribution in [0.25, 0.3) is 0 Å². The average molecular weight is 271 g/mol. The molecule has 0 spiro atoms. The van der Waals surface area contributed by atoms with Crippen molar-refractivity contribution >= 4 is 5.69 Å². The largest absolute Gasteiger partial charge is 0.508 e. The number of aromatic hydroxyl groups is 1. The van der Waals surface area contributed by atoms with Crippen molar-refractivity contribution in [1.82, 2.24) is 4.98 Å². The van der Waals surface area contributed by atoms with Gasteiger partial charge in [0.05, 0.1) is 0 Å². The van der Waals surface area contributed by atoms with Crippen molar-refractivity contribution in [2.75, 3.05) is 18.5 Å². The number of likely N-dealkylation sites (N-methyl/N-ethyl adjacent to an activating group) is 1. The number of rotatable bonds is 5. The molecule has 0 amide bonds. The SMILES string of the molecule is CC(N)c1ccc(N(C)CCc2ccccn2)cc1O. The highest BCUT2D eigenvalue weighted by Crippen LogP contribution is 2.27. The van der Waals surface area contributed by atoms with Crippen molar-refractivity contribution in [2.24, 2.45) is 5.73 Å². The smallest absolute Gasteiger partial charge is 0.122 e. The molecule has 1 aromatic heterocycles. The van der Waals surface area contributed by atoms with Gasteiger partial charge >= 0.3 is 0 Å². The summed E-state index contributed by atoms with van der Waals surface area (Å²) in [4.78, 5) is 6.40. The van der Waals surface area contributed by atoms with Crippen LogP contribution in [-0.4, -0.2) is 23.7 Å². The third-order valence-electron chi connectivity index (χ3n) is 3.37. The first-order valence-corrected chi connectivity index (χ1v) is 6.77. The van der Waals surface area contributed by atoms with Crippen LogP contribution in [0.2, 0.25) is 0 Å². The molecule has 3 N–H and O–H groups in total. The maximum atomic E-state index is 9.98. The summed E-state index contributed by atoms with van der Waals surface area (Å²) in [5.41, 5.74) is 8.60. The van der Waals surface area contributed by atoms with Gasteiger partial charge in [0, 0.05) is 55.3 Å². The predicted octanol–water partition coefficient (Wildman–Crippen LogP) is 2.49. The van der Waals surface area contributed by atoms with Gasteiger partial charge in [-0.25, -0.2) is 0 Å². The lowest BCUT2D eigenvalue weighted by molar-refractivity contribution is 0.464. The fraction of sp³-hybridized carbons (Fsp3) is 0.312. The lowest BCUT2D eigenvalue weighted by Crippen LogP contribution is -2.20. The zero-order valence-corrected chi connectivity index (χ0v) is 12.0. The van der Waals surface area contributed by atoms with Crippen LogP contribution in [0.4, 0.5) is 5.69 Å². The maximum Gasteiger partial charge on any atom is 0.122 e. The van der Waals surface area contributed by atoms with E-state index in [9.17, 15) is 5.11 Å². The van der Waals surface area contributed by atoms with Gasteiger partial charge in [0.1, 0.15) is 5.75 Å². The van der Waals surface area contributed by atoms with Crippen LogP contribution in [0.1, 0.15) is 24.2 Å². The Morgan fingerprint density at radius 3 is 2.70 bits per heavy atom. The van der Waals surface area contributed by atoms with E-state index in [1.165, 1.54) is 0 Å². The third-order valence-corrected chi connectivity index (χ3v) is 3.37. The molecule has 0 aliphatic rings. The molecule has 0 saturated heterocycles. The zero-order valence-electron chi connectivity index (χ0n) is 12.0. The zero-order chi connectivity index (χ0) is 14.5. The summed E-state index contributed by atoms with van der Waals surface area (Å²) in [7, 11) is 2.00. The molecular formula is C16H21N3O. The number of aromatic nitrogens is 1. The second-order valence-electron chi connectivity index (χ2n) is 5.02. The van der Waals surface area contributed by atoms with E-state index < -0.39 is 0 Å². The molecule has 0 aliphatic heterocycles. The lowest BCUT2D eigenvalue weighted by Gasteiger charge is -2.20. The molecule has 106 valence electrons. The fourth-order valence-electron chi connectivity index (χ4n) is 2.11. The van der Waals surface area contributed by atoms with Crippen LogP contribution in [0.15, 0.2) is 42.6 Å². The third kappa shape index (κ3) is 3.48. The van der Waals surface area contributed by atoms with Gasteiger partial charge in [-0.2, -0.15) is 0 Å². The standard InChI is InChI=1S/C16H21N3O/c1-12(17)15-7-6-14(11-16(15)20)19(2)10-8-13-5-3-4-9-18-13/h3-7,9,11-12,20H,8,10,17H2,1-2H3. The number of phenolic OH excluding ortho intramolecular Hbond substituents is 1. The van der Waals surface area contributed by atoms with E-state index in [0.717, 1.165) is 29.9 Å². The van der Waals surface area contributed by atoms with E-state index in [2.05, 4.69) is 9.88 Å². The minimum Gasteiger partial charge on any atom is -0.508 e. The summed E-state index contributed by atoms with van der Waals surface area (Å²) in [6.07, 6.45) is 2.67. The molecule has 0 fully saturated rings. The number of hydrogen-bond donors (Lipinski definition) is 2. The molecular weight excluding hydrogens is 250 g/mol. The molecule has 2 rings (SSSR count). The van der Waals surface area contributed by atoms with Gasteiger partial charge in [-0.1, -0.05) is 12.1 Å². The molecule has 1 atom stereocenters. The Morgan fingerprint density at radius 1 is 1.30 bits per heavy atom. The topological polar surface area (TPSA) is 62.4 Å². The quantitative estimate of drug-likeness (QED) is 0.877. The summed E-state index contributed by atoms with van der Waals surface area (Å²) < 4.78 is 0. The molecule has 0 bridgehead atoms. The molecule has 2 aromatic rings.